The number of phenolic OH excluding ortho intramolecular Hbond substituents is 1. The van der Waals surface area contributed by atoms with Gasteiger partial charge in [-0.05, 0) is 30.5 Å². The first-order valence-corrected chi connectivity index (χ1v) is 11.6. The molecule has 1 rings (SSSR count). The Labute approximate surface area is 213 Å². The molecule has 0 saturated heterocycles. The van der Waals surface area contributed by atoms with Crippen LogP contribution < -0.4 is 33.2 Å². The number of amides is 3. The summed E-state index contributed by atoms with van der Waals surface area (Å²) in [7, 11) is 0. The summed E-state index contributed by atoms with van der Waals surface area (Å²) in [5.74, 6) is -3.86. The van der Waals surface area contributed by atoms with Crippen LogP contribution >= 0.6 is 12.6 Å². The fourth-order valence-corrected chi connectivity index (χ4v) is 3.11. The molecule has 4 unspecified atom stereocenters. The van der Waals surface area contributed by atoms with E-state index in [1.54, 1.807) is 12.1 Å². The lowest BCUT2D eigenvalue weighted by molar-refractivity contribution is -0.143. The number of carbonyl (C=O) groups excluding carboxylic acids is 3. The highest BCUT2D eigenvalue weighted by molar-refractivity contribution is 7.80. The van der Waals surface area contributed by atoms with Crippen LogP contribution in [-0.4, -0.2) is 88.0 Å². The molecule has 4 atom stereocenters. The molecule has 0 heterocycles. The van der Waals surface area contributed by atoms with E-state index in [-0.39, 0.29) is 43.3 Å². The number of benzene rings is 1. The Kier molecular flexibility index (Phi) is 13.1. The number of hydrogen-bond acceptors (Lipinski definition) is 9. The Balaban J connectivity index is 3.11. The van der Waals surface area contributed by atoms with Gasteiger partial charge in [0.2, 0.25) is 17.7 Å². The molecule has 36 heavy (non-hydrogen) atoms. The van der Waals surface area contributed by atoms with Gasteiger partial charge >= 0.3 is 5.97 Å². The van der Waals surface area contributed by atoms with Gasteiger partial charge in [0, 0.05) is 18.7 Å². The van der Waals surface area contributed by atoms with Gasteiger partial charge in [-0.15, -0.1) is 0 Å². The zero-order valence-electron chi connectivity index (χ0n) is 19.5. The quantitative estimate of drug-likeness (QED) is 0.0472. The fourth-order valence-electron chi connectivity index (χ4n) is 2.94. The van der Waals surface area contributed by atoms with Gasteiger partial charge in [-0.3, -0.25) is 19.4 Å². The van der Waals surface area contributed by atoms with Crippen LogP contribution in [0.4, 0.5) is 0 Å². The van der Waals surface area contributed by atoms with E-state index in [0.29, 0.717) is 5.56 Å². The predicted octanol–water partition coefficient (Wildman–Crippen LogP) is -3.22. The Morgan fingerprint density at radius 3 is 2.03 bits per heavy atom. The van der Waals surface area contributed by atoms with E-state index in [1.165, 1.54) is 12.1 Å². The lowest BCUT2D eigenvalue weighted by Crippen LogP contribution is -2.58. The number of carboxylic acids is 1. The van der Waals surface area contributed by atoms with Crippen molar-refractivity contribution < 1.29 is 34.5 Å². The highest BCUT2D eigenvalue weighted by Crippen LogP contribution is 2.12. The molecule has 1 aromatic carbocycles. The number of phenols is 1. The molecule has 12 N–H and O–H groups in total. The molecule has 0 saturated carbocycles. The minimum Gasteiger partial charge on any atom is -0.508 e. The van der Waals surface area contributed by atoms with Gasteiger partial charge in [0.1, 0.15) is 23.9 Å². The highest BCUT2D eigenvalue weighted by Gasteiger charge is 2.30. The number of aliphatic carboxylic acids is 1. The van der Waals surface area contributed by atoms with Crippen LogP contribution in [0.15, 0.2) is 29.3 Å². The van der Waals surface area contributed by atoms with Gasteiger partial charge in [-0.2, -0.15) is 12.6 Å². The molecule has 3 amide bonds. The molecule has 0 aliphatic carbocycles. The number of aliphatic imine (C=N–C) groups is 1. The maximum atomic E-state index is 13.2. The second kappa shape index (κ2) is 15.4. The Morgan fingerprint density at radius 2 is 1.50 bits per heavy atom. The van der Waals surface area contributed by atoms with Crippen LogP contribution in [0.3, 0.4) is 0 Å². The number of aromatic hydroxyl groups is 1. The molecule has 0 aliphatic heterocycles. The second-order valence-electron chi connectivity index (χ2n) is 7.81. The molecule has 0 radical (unpaired) electrons. The normalized spacial score (nSPS) is 14.0. The Morgan fingerprint density at radius 1 is 0.944 bits per heavy atom. The number of aliphatic hydroxyl groups is 1. The Hall–Kier alpha value is -3.56. The molecule has 0 bridgehead atoms. The number of nitrogens with two attached hydrogens (primary N) is 3. The summed E-state index contributed by atoms with van der Waals surface area (Å²) in [5, 5.41) is 35.0. The van der Waals surface area contributed by atoms with Gasteiger partial charge in [-0.25, -0.2) is 4.79 Å². The number of nitrogens with zero attached hydrogens (tertiary/aromatic N) is 1. The topological polar surface area (TPSA) is 255 Å². The molecule has 0 fully saturated rings. The van der Waals surface area contributed by atoms with E-state index in [4.69, 9.17) is 22.3 Å². The first-order valence-electron chi connectivity index (χ1n) is 10.9. The summed E-state index contributed by atoms with van der Waals surface area (Å²) >= 11 is 3.98. The van der Waals surface area contributed by atoms with E-state index in [9.17, 15) is 29.4 Å². The standard InChI is InChI=1S/C21H33N7O7S/c22-13(10-36)17(31)27-15(8-11-3-5-12(30)6-4-11)19(33)26-14(2-1-7-25-21(23)24)18(32)28-16(9-29)20(34)35/h3-6,13-16,29-30,36H,1-2,7-10,22H2,(H,26,33)(H,27,31)(H,28,32)(H,34,35)(H4,23,24,25). The maximum absolute atomic E-state index is 13.2. The van der Waals surface area contributed by atoms with E-state index >= 15 is 0 Å². The molecule has 14 nitrogen and oxygen atoms in total. The summed E-state index contributed by atoms with van der Waals surface area (Å²) in [4.78, 5) is 53.3. The van der Waals surface area contributed by atoms with Crippen molar-refractivity contribution in [3.8, 4) is 5.75 Å². The first kappa shape index (κ1) is 30.5. The number of aliphatic hydroxyl groups excluding tert-OH is 1. The summed E-state index contributed by atoms with van der Waals surface area (Å²) < 4.78 is 0. The van der Waals surface area contributed by atoms with Crippen molar-refractivity contribution in [3.63, 3.8) is 0 Å². The maximum Gasteiger partial charge on any atom is 0.328 e. The fraction of sp³-hybridized carbons (Fsp3) is 0.476. The van der Waals surface area contributed by atoms with Crippen LogP contribution in [-0.2, 0) is 25.6 Å². The van der Waals surface area contributed by atoms with Crippen molar-refractivity contribution in [3.05, 3.63) is 29.8 Å². The molecule has 200 valence electrons. The monoisotopic (exact) mass is 527 g/mol. The van der Waals surface area contributed by atoms with Gasteiger partial charge in [0.25, 0.3) is 0 Å². The van der Waals surface area contributed by atoms with Crippen LogP contribution in [0.5, 0.6) is 5.75 Å². The molecular weight excluding hydrogens is 494 g/mol. The van der Waals surface area contributed by atoms with Crippen molar-refractivity contribution in [1.29, 1.82) is 0 Å². The summed E-state index contributed by atoms with van der Waals surface area (Å²) in [6.07, 6.45) is 0.253. The van der Waals surface area contributed by atoms with Crippen molar-refractivity contribution in [2.24, 2.45) is 22.2 Å². The zero-order valence-corrected chi connectivity index (χ0v) is 20.4. The third-order valence-corrected chi connectivity index (χ3v) is 5.31. The molecule has 0 aliphatic rings. The molecule has 0 aromatic heterocycles. The smallest absolute Gasteiger partial charge is 0.328 e. The van der Waals surface area contributed by atoms with Gasteiger partial charge < -0.3 is 48.5 Å². The number of thiol groups is 1. The van der Waals surface area contributed by atoms with Gasteiger partial charge in [0.05, 0.1) is 12.6 Å². The van der Waals surface area contributed by atoms with E-state index in [0.717, 1.165) is 0 Å². The van der Waals surface area contributed by atoms with Gasteiger partial charge in [0.15, 0.2) is 5.96 Å². The minimum atomic E-state index is -1.59. The van der Waals surface area contributed by atoms with Crippen molar-refractivity contribution >= 4 is 42.3 Å². The second-order valence-corrected chi connectivity index (χ2v) is 8.18. The molecule has 15 heteroatoms. The first-order chi connectivity index (χ1) is 17.0. The van der Waals surface area contributed by atoms with E-state index in [1.807, 2.05) is 0 Å². The van der Waals surface area contributed by atoms with Crippen molar-refractivity contribution in [2.75, 3.05) is 18.9 Å². The molecule has 1 aromatic rings. The number of carboxylic acid groups (broad SMARTS) is 1. The van der Waals surface area contributed by atoms with Gasteiger partial charge in [-0.1, -0.05) is 12.1 Å². The van der Waals surface area contributed by atoms with Crippen LogP contribution in [0.25, 0.3) is 0 Å². The average molecular weight is 528 g/mol. The number of nitrogens with one attached hydrogen (secondary N) is 3. The van der Waals surface area contributed by atoms with Crippen molar-refractivity contribution in [1.82, 2.24) is 16.0 Å². The third kappa shape index (κ3) is 10.8. The average Bonchev–Trinajstić information content (AvgIpc) is 2.83. The van der Waals surface area contributed by atoms with Crippen molar-refractivity contribution in [2.45, 2.75) is 43.4 Å². The molecular formula is C21H33N7O7S. The van der Waals surface area contributed by atoms with Crippen LogP contribution in [0.2, 0.25) is 0 Å². The Bertz CT molecular complexity index is 926. The molecule has 0 spiro atoms. The summed E-state index contributed by atoms with van der Waals surface area (Å²) in [6, 6.07) is 0.931. The van der Waals surface area contributed by atoms with E-state index < -0.39 is 54.5 Å². The predicted molar refractivity (Wildman–Crippen MR) is 134 cm³/mol. The number of carbonyl (C=O) groups is 4. The zero-order chi connectivity index (χ0) is 27.3. The number of guanidine groups is 1. The number of hydrogen-bond donors (Lipinski definition) is 10. The minimum absolute atomic E-state index is 0.00608. The van der Waals surface area contributed by atoms with Crippen LogP contribution in [0.1, 0.15) is 18.4 Å². The largest absolute Gasteiger partial charge is 0.508 e. The lowest BCUT2D eigenvalue weighted by Gasteiger charge is -2.25. The summed E-state index contributed by atoms with van der Waals surface area (Å²) in [6.45, 7) is -0.730. The van der Waals surface area contributed by atoms with E-state index in [2.05, 4.69) is 33.6 Å². The third-order valence-electron chi connectivity index (χ3n) is 4.92. The highest BCUT2D eigenvalue weighted by atomic mass is 32.1. The summed E-state index contributed by atoms with van der Waals surface area (Å²) in [5.41, 5.74) is 16.9. The lowest BCUT2D eigenvalue weighted by atomic mass is 10.0. The van der Waals surface area contributed by atoms with Crippen LogP contribution in [0, 0.1) is 0 Å². The number of rotatable bonds is 15. The SMILES string of the molecule is NC(N)=NCCCC(NC(=O)C(Cc1ccc(O)cc1)NC(=O)C(N)CS)C(=O)NC(CO)C(=O)O.